The van der Waals surface area contributed by atoms with Crippen LogP contribution in [0.1, 0.15) is 0 Å². The first-order valence-electron chi connectivity index (χ1n) is 9.06. The molecule has 0 bridgehead atoms. The Morgan fingerprint density at radius 2 is 1.90 bits per heavy atom. The largest absolute Gasteiger partial charge is 0.494 e. The van der Waals surface area contributed by atoms with E-state index in [1.807, 2.05) is 6.07 Å². The maximum Gasteiger partial charge on any atom is 0.225 e. The van der Waals surface area contributed by atoms with Gasteiger partial charge in [-0.1, -0.05) is 6.07 Å². The molecule has 0 spiro atoms. The molecule has 0 amide bonds. The molecule has 1 aromatic heterocycles. The number of anilines is 2. The van der Waals surface area contributed by atoms with Crippen LogP contribution < -0.4 is 31.2 Å². The maximum absolute atomic E-state index is 5.99. The second-order valence-corrected chi connectivity index (χ2v) is 6.10. The molecular weight excluding hydrogens is 374 g/mol. The molecule has 1 fully saturated rings. The molecule has 2 heterocycles. The molecule has 0 atom stereocenters. The number of ether oxygens (including phenoxy) is 3. The van der Waals surface area contributed by atoms with E-state index in [1.54, 1.807) is 44.7 Å². The van der Waals surface area contributed by atoms with Gasteiger partial charge in [0.05, 0.1) is 38.8 Å². The van der Waals surface area contributed by atoms with Gasteiger partial charge in [-0.15, -0.1) is 0 Å². The SMILES string of the molecule is COc1cc(N2CCOCC2)c(OC)cc1NC(N)=NC(N)=Nc1ccccn1. The van der Waals surface area contributed by atoms with Gasteiger partial charge < -0.3 is 35.9 Å². The lowest BCUT2D eigenvalue weighted by Crippen LogP contribution is -2.36. The molecule has 154 valence electrons. The Hall–Kier alpha value is -3.53. The minimum absolute atomic E-state index is 0.0235. The van der Waals surface area contributed by atoms with E-state index in [0.717, 1.165) is 18.8 Å². The van der Waals surface area contributed by atoms with Crippen molar-refractivity contribution in [2.75, 3.05) is 50.7 Å². The number of aliphatic imine (C=N–C) groups is 2. The van der Waals surface area contributed by atoms with Gasteiger partial charge in [-0.2, -0.15) is 9.98 Å². The summed E-state index contributed by atoms with van der Waals surface area (Å²) in [5.74, 6) is 1.74. The van der Waals surface area contributed by atoms with Crippen LogP contribution in [0, 0.1) is 0 Å². The number of methoxy groups -OCH3 is 2. The van der Waals surface area contributed by atoms with Crippen LogP contribution in [0.3, 0.4) is 0 Å². The number of aromatic nitrogens is 1. The fourth-order valence-electron chi connectivity index (χ4n) is 2.88. The number of pyridine rings is 1. The lowest BCUT2D eigenvalue weighted by molar-refractivity contribution is 0.122. The molecule has 1 aromatic carbocycles. The molecule has 2 aromatic rings. The van der Waals surface area contributed by atoms with E-state index in [2.05, 4.69) is 25.2 Å². The van der Waals surface area contributed by atoms with Gasteiger partial charge >= 0.3 is 0 Å². The van der Waals surface area contributed by atoms with Crippen molar-refractivity contribution in [2.24, 2.45) is 21.5 Å². The summed E-state index contributed by atoms with van der Waals surface area (Å²) in [6.07, 6.45) is 1.62. The number of nitrogens with two attached hydrogens (primary N) is 2. The van der Waals surface area contributed by atoms with E-state index < -0.39 is 0 Å². The summed E-state index contributed by atoms with van der Waals surface area (Å²) < 4.78 is 16.5. The van der Waals surface area contributed by atoms with E-state index in [9.17, 15) is 0 Å². The van der Waals surface area contributed by atoms with Crippen LogP contribution in [0.5, 0.6) is 11.5 Å². The van der Waals surface area contributed by atoms with Crippen molar-refractivity contribution >= 4 is 29.1 Å². The lowest BCUT2D eigenvalue weighted by atomic mass is 10.2. The topological polar surface area (TPSA) is 133 Å². The van der Waals surface area contributed by atoms with Crippen molar-refractivity contribution in [1.82, 2.24) is 4.98 Å². The molecule has 0 saturated carbocycles. The standard InChI is InChI=1S/C19H25N7O3/c1-27-15-12-14(26-7-9-29-10-8-26)16(28-2)11-13(15)23-18(20)25-19(21)24-17-5-3-4-6-22-17/h3-6,11-12H,7-10H2,1-2H3,(H5,20,21,22,23,24,25). The summed E-state index contributed by atoms with van der Waals surface area (Å²) in [4.78, 5) is 14.4. The number of rotatable bonds is 5. The van der Waals surface area contributed by atoms with Crippen LogP contribution in [0.15, 0.2) is 46.5 Å². The normalized spacial score (nSPS) is 15.2. The molecule has 29 heavy (non-hydrogen) atoms. The average molecular weight is 399 g/mol. The molecule has 1 saturated heterocycles. The van der Waals surface area contributed by atoms with Gasteiger partial charge in [0.1, 0.15) is 11.5 Å². The Bertz CT molecular complexity index is 881. The first-order chi connectivity index (χ1) is 14.1. The van der Waals surface area contributed by atoms with E-state index in [1.165, 1.54) is 0 Å². The molecule has 0 radical (unpaired) electrons. The summed E-state index contributed by atoms with van der Waals surface area (Å²) in [6, 6.07) is 9.00. The number of hydrogen-bond acceptors (Lipinski definition) is 6. The van der Waals surface area contributed by atoms with Crippen molar-refractivity contribution in [3.05, 3.63) is 36.5 Å². The molecule has 1 aliphatic rings. The highest BCUT2D eigenvalue weighted by atomic mass is 16.5. The van der Waals surface area contributed by atoms with Crippen LogP contribution in [0.2, 0.25) is 0 Å². The number of nitrogens with zero attached hydrogens (tertiary/aromatic N) is 4. The molecule has 1 aliphatic heterocycles. The van der Waals surface area contributed by atoms with Crippen molar-refractivity contribution in [2.45, 2.75) is 0 Å². The molecule has 3 rings (SSSR count). The Labute approximate surface area is 169 Å². The van der Waals surface area contributed by atoms with Crippen molar-refractivity contribution in [1.29, 1.82) is 0 Å². The summed E-state index contributed by atoms with van der Waals surface area (Å²) in [7, 11) is 3.20. The van der Waals surface area contributed by atoms with Gasteiger partial charge in [0.15, 0.2) is 5.82 Å². The highest BCUT2D eigenvalue weighted by Crippen LogP contribution is 2.38. The van der Waals surface area contributed by atoms with Gasteiger partial charge in [0.25, 0.3) is 0 Å². The third kappa shape index (κ3) is 5.26. The van der Waals surface area contributed by atoms with Crippen LogP contribution in [0.4, 0.5) is 17.2 Å². The van der Waals surface area contributed by atoms with E-state index in [4.69, 9.17) is 25.7 Å². The summed E-state index contributed by atoms with van der Waals surface area (Å²) in [5.41, 5.74) is 13.3. The second kappa shape index (κ2) is 9.60. The minimum Gasteiger partial charge on any atom is -0.494 e. The van der Waals surface area contributed by atoms with Crippen LogP contribution in [-0.2, 0) is 4.74 Å². The molecule has 10 heteroatoms. The monoisotopic (exact) mass is 399 g/mol. The Morgan fingerprint density at radius 1 is 1.14 bits per heavy atom. The van der Waals surface area contributed by atoms with Gasteiger partial charge in [-0.3, -0.25) is 0 Å². The summed E-state index contributed by atoms with van der Waals surface area (Å²) in [5, 5.41) is 2.98. The highest BCUT2D eigenvalue weighted by molar-refractivity contribution is 6.02. The summed E-state index contributed by atoms with van der Waals surface area (Å²) in [6.45, 7) is 2.88. The average Bonchev–Trinajstić information content (AvgIpc) is 2.74. The Balaban J connectivity index is 1.83. The second-order valence-electron chi connectivity index (χ2n) is 6.10. The number of benzene rings is 1. The first kappa shape index (κ1) is 20.2. The molecule has 0 unspecified atom stereocenters. The zero-order valence-electron chi connectivity index (χ0n) is 16.5. The maximum atomic E-state index is 5.99. The smallest absolute Gasteiger partial charge is 0.225 e. The Morgan fingerprint density at radius 3 is 2.55 bits per heavy atom. The van der Waals surface area contributed by atoms with Crippen molar-refractivity contribution in [3.8, 4) is 11.5 Å². The van der Waals surface area contributed by atoms with Gasteiger partial charge in [0, 0.05) is 31.4 Å². The molecular formula is C19H25N7O3. The van der Waals surface area contributed by atoms with E-state index >= 15 is 0 Å². The van der Waals surface area contributed by atoms with Crippen LogP contribution in [-0.4, -0.2) is 57.4 Å². The first-order valence-corrected chi connectivity index (χ1v) is 9.06. The predicted octanol–water partition coefficient (Wildman–Crippen LogP) is 1.31. The zero-order chi connectivity index (χ0) is 20.6. The van der Waals surface area contributed by atoms with Gasteiger partial charge in [0.2, 0.25) is 11.9 Å². The number of morpholine rings is 1. The molecule has 0 aliphatic carbocycles. The number of hydrogen-bond donors (Lipinski definition) is 3. The quantitative estimate of drug-likeness (QED) is 0.506. The third-order valence-corrected chi connectivity index (χ3v) is 4.23. The van der Waals surface area contributed by atoms with Crippen LogP contribution in [0.25, 0.3) is 0 Å². The fraction of sp³-hybridized carbons (Fsp3) is 0.316. The van der Waals surface area contributed by atoms with E-state index in [0.29, 0.717) is 36.2 Å². The fourth-order valence-corrected chi connectivity index (χ4v) is 2.88. The number of guanidine groups is 2. The van der Waals surface area contributed by atoms with Gasteiger partial charge in [-0.05, 0) is 12.1 Å². The van der Waals surface area contributed by atoms with Gasteiger partial charge in [-0.25, -0.2) is 4.98 Å². The zero-order valence-corrected chi connectivity index (χ0v) is 16.5. The third-order valence-electron chi connectivity index (χ3n) is 4.23. The summed E-state index contributed by atoms with van der Waals surface area (Å²) >= 11 is 0. The van der Waals surface area contributed by atoms with Crippen molar-refractivity contribution in [3.63, 3.8) is 0 Å². The predicted molar refractivity (Wildman–Crippen MR) is 113 cm³/mol. The van der Waals surface area contributed by atoms with Crippen LogP contribution >= 0.6 is 0 Å². The lowest BCUT2D eigenvalue weighted by Gasteiger charge is -2.30. The molecule has 5 N–H and O–H groups in total. The highest BCUT2D eigenvalue weighted by Gasteiger charge is 2.19. The van der Waals surface area contributed by atoms with Crippen molar-refractivity contribution < 1.29 is 14.2 Å². The van der Waals surface area contributed by atoms with E-state index in [-0.39, 0.29) is 11.9 Å². The minimum atomic E-state index is -0.0235. The Kier molecular flexibility index (Phi) is 6.69. The molecule has 10 nitrogen and oxygen atoms in total. The number of nitrogens with one attached hydrogen (secondary N) is 1.